The number of rotatable bonds is 4. The molecule has 1 aromatic rings. The number of aromatic nitrogens is 1. The molecule has 0 aliphatic heterocycles. The summed E-state index contributed by atoms with van der Waals surface area (Å²) in [5, 5.41) is 2.69. The number of nitrogens with one attached hydrogen (secondary N) is 1. The van der Waals surface area contributed by atoms with Crippen LogP contribution in [0.4, 0.5) is 0 Å². The smallest absolute Gasteiger partial charge is 0.320 e. The normalized spacial score (nSPS) is 10.8. The molecule has 1 N–H and O–H groups in total. The van der Waals surface area contributed by atoms with E-state index in [1.165, 1.54) is 21.0 Å². The van der Waals surface area contributed by atoms with Crippen molar-refractivity contribution in [3.05, 3.63) is 30.1 Å². The van der Waals surface area contributed by atoms with Gasteiger partial charge in [-0.1, -0.05) is 0 Å². The van der Waals surface area contributed by atoms with Crippen LogP contribution in [0.3, 0.4) is 0 Å². The Morgan fingerprint density at radius 3 is 2.47 bits per heavy atom. The molecule has 5 nitrogen and oxygen atoms in total. The largest absolute Gasteiger partial charge is 0.468 e. The molecule has 0 saturated heterocycles. The van der Waals surface area contributed by atoms with Crippen molar-refractivity contribution in [2.45, 2.75) is 20.4 Å². The minimum Gasteiger partial charge on any atom is -0.468 e. The zero-order chi connectivity index (χ0) is 12.9. The maximum Gasteiger partial charge on any atom is 0.320 e. The van der Waals surface area contributed by atoms with Crippen molar-refractivity contribution in [2.75, 3.05) is 7.11 Å². The lowest BCUT2D eigenvalue weighted by Gasteiger charge is -2.20. The van der Waals surface area contributed by atoms with Gasteiger partial charge in [-0.25, -0.2) is 0 Å². The third-order valence-corrected chi connectivity index (χ3v) is 2.47. The molecule has 1 rings (SSSR count). The lowest BCUT2D eigenvalue weighted by Crippen LogP contribution is -2.42. The molecule has 17 heavy (non-hydrogen) atoms. The number of methoxy groups -OCH3 is 1. The van der Waals surface area contributed by atoms with Crippen molar-refractivity contribution in [1.29, 1.82) is 0 Å². The van der Waals surface area contributed by atoms with Crippen molar-refractivity contribution >= 4 is 11.9 Å². The summed E-state index contributed by atoms with van der Waals surface area (Å²) < 4.78 is 4.58. The number of hydrogen-bond donors (Lipinski definition) is 1. The maximum absolute atomic E-state index is 11.8. The summed E-state index contributed by atoms with van der Waals surface area (Å²) in [7, 11) is 1.26. The first-order valence-corrected chi connectivity index (χ1v) is 5.24. The van der Waals surface area contributed by atoms with Gasteiger partial charge in [0.05, 0.1) is 7.11 Å². The van der Waals surface area contributed by atoms with Crippen LogP contribution in [0.25, 0.3) is 0 Å². The van der Waals surface area contributed by atoms with Crippen LogP contribution in [0.2, 0.25) is 0 Å². The van der Waals surface area contributed by atoms with Gasteiger partial charge < -0.3 is 10.1 Å². The van der Waals surface area contributed by atoms with Crippen molar-refractivity contribution in [3.8, 4) is 0 Å². The van der Waals surface area contributed by atoms with Gasteiger partial charge in [-0.15, -0.1) is 0 Å². The van der Waals surface area contributed by atoms with E-state index in [4.69, 9.17) is 0 Å². The Bertz CT molecular complexity index is 401. The monoisotopic (exact) mass is 236 g/mol. The number of amides is 1. The number of hydrogen-bond acceptors (Lipinski definition) is 4. The molecule has 0 aliphatic rings. The van der Waals surface area contributed by atoms with Gasteiger partial charge in [0, 0.05) is 18.9 Å². The summed E-state index contributed by atoms with van der Waals surface area (Å²) in [6.07, 6.45) is 3.29. The number of esters is 1. The third-order valence-electron chi connectivity index (χ3n) is 2.47. The molecule has 92 valence electrons. The van der Waals surface area contributed by atoms with Gasteiger partial charge in [0.2, 0.25) is 5.91 Å². The molecule has 0 atom stereocenters. The minimum atomic E-state index is -1.18. The highest BCUT2D eigenvalue weighted by atomic mass is 16.5. The quantitative estimate of drug-likeness (QED) is 0.623. The molecular formula is C12H16N2O3. The van der Waals surface area contributed by atoms with E-state index in [1.807, 2.05) is 0 Å². The molecule has 5 heteroatoms. The van der Waals surface area contributed by atoms with Gasteiger partial charge in [0.25, 0.3) is 0 Å². The Hall–Kier alpha value is -1.91. The SMILES string of the molecule is COC(=O)C(C)(C)C(=O)NCc1ccncc1. The summed E-state index contributed by atoms with van der Waals surface area (Å²) in [5.74, 6) is -0.911. The van der Waals surface area contributed by atoms with E-state index in [1.54, 1.807) is 24.5 Å². The molecule has 0 unspecified atom stereocenters. The van der Waals surface area contributed by atoms with Gasteiger partial charge in [0.15, 0.2) is 0 Å². The Morgan fingerprint density at radius 1 is 1.35 bits per heavy atom. The van der Waals surface area contributed by atoms with E-state index in [2.05, 4.69) is 15.0 Å². The standard InChI is InChI=1S/C12H16N2O3/c1-12(2,11(16)17-3)10(15)14-8-9-4-6-13-7-5-9/h4-7H,8H2,1-3H3,(H,14,15). The number of nitrogens with zero attached hydrogens (tertiary/aromatic N) is 1. The highest BCUT2D eigenvalue weighted by Gasteiger charge is 2.36. The number of carbonyl (C=O) groups is 2. The second-order valence-electron chi connectivity index (χ2n) is 4.15. The molecular weight excluding hydrogens is 220 g/mol. The van der Waals surface area contributed by atoms with Crippen molar-refractivity contribution in [1.82, 2.24) is 10.3 Å². The van der Waals surface area contributed by atoms with Crippen LogP contribution in [0.5, 0.6) is 0 Å². The zero-order valence-electron chi connectivity index (χ0n) is 10.2. The van der Waals surface area contributed by atoms with Crippen LogP contribution in [0, 0.1) is 5.41 Å². The maximum atomic E-state index is 11.8. The molecule has 0 aromatic carbocycles. The molecule has 0 saturated carbocycles. The van der Waals surface area contributed by atoms with Crippen molar-refractivity contribution in [3.63, 3.8) is 0 Å². The summed E-state index contributed by atoms with van der Waals surface area (Å²) >= 11 is 0. The molecule has 1 amide bonds. The lowest BCUT2D eigenvalue weighted by atomic mass is 9.92. The number of pyridine rings is 1. The minimum absolute atomic E-state index is 0.360. The zero-order valence-corrected chi connectivity index (χ0v) is 10.2. The van der Waals surface area contributed by atoms with Crippen molar-refractivity contribution < 1.29 is 14.3 Å². The topological polar surface area (TPSA) is 68.3 Å². The Kier molecular flexibility index (Phi) is 4.20. The van der Waals surface area contributed by atoms with Crippen LogP contribution in [0.1, 0.15) is 19.4 Å². The van der Waals surface area contributed by atoms with Gasteiger partial charge in [-0.3, -0.25) is 14.6 Å². The van der Waals surface area contributed by atoms with E-state index in [9.17, 15) is 9.59 Å². The fourth-order valence-electron chi connectivity index (χ4n) is 1.25. The average molecular weight is 236 g/mol. The second-order valence-corrected chi connectivity index (χ2v) is 4.15. The summed E-state index contributed by atoms with van der Waals surface area (Å²) in [5.41, 5.74) is -0.254. The third kappa shape index (κ3) is 3.27. The second kappa shape index (κ2) is 5.43. The van der Waals surface area contributed by atoms with Crippen LogP contribution < -0.4 is 5.32 Å². The number of ether oxygens (including phenoxy) is 1. The molecule has 0 bridgehead atoms. The van der Waals surface area contributed by atoms with Gasteiger partial charge in [0.1, 0.15) is 5.41 Å². The molecule has 0 spiro atoms. The van der Waals surface area contributed by atoms with E-state index >= 15 is 0 Å². The molecule has 1 aromatic heterocycles. The summed E-state index contributed by atoms with van der Waals surface area (Å²) in [4.78, 5) is 27.1. The first-order chi connectivity index (χ1) is 7.98. The Balaban J connectivity index is 2.58. The van der Waals surface area contributed by atoms with E-state index in [0.717, 1.165) is 5.56 Å². The Labute approximate surface area is 100 Å². The summed E-state index contributed by atoms with van der Waals surface area (Å²) in [6, 6.07) is 3.59. The molecule has 0 fully saturated rings. The molecule has 1 heterocycles. The van der Waals surface area contributed by atoms with Crippen molar-refractivity contribution in [2.24, 2.45) is 5.41 Å². The first-order valence-electron chi connectivity index (χ1n) is 5.24. The van der Waals surface area contributed by atoms with Crippen LogP contribution in [-0.2, 0) is 20.9 Å². The van der Waals surface area contributed by atoms with E-state index in [0.29, 0.717) is 6.54 Å². The summed E-state index contributed by atoms with van der Waals surface area (Å²) in [6.45, 7) is 3.42. The predicted molar refractivity (Wildman–Crippen MR) is 61.9 cm³/mol. The first kappa shape index (κ1) is 13.2. The van der Waals surface area contributed by atoms with Crippen LogP contribution in [-0.4, -0.2) is 24.0 Å². The van der Waals surface area contributed by atoms with Gasteiger partial charge in [-0.2, -0.15) is 0 Å². The molecule has 0 radical (unpaired) electrons. The Morgan fingerprint density at radius 2 is 1.94 bits per heavy atom. The molecule has 0 aliphatic carbocycles. The fraction of sp³-hybridized carbons (Fsp3) is 0.417. The number of carbonyl (C=O) groups excluding carboxylic acids is 2. The van der Waals surface area contributed by atoms with Crippen LogP contribution >= 0.6 is 0 Å². The van der Waals surface area contributed by atoms with E-state index < -0.39 is 11.4 Å². The fourth-order valence-corrected chi connectivity index (χ4v) is 1.25. The highest BCUT2D eigenvalue weighted by Crippen LogP contribution is 2.17. The average Bonchev–Trinajstić information content (AvgIpc) is 2.35. The van der Waals surface area contributed by atoms with Crippen LogP contribution in [0.15, 0.2) is 24.5 Å². The predicted octanol–water partition coefficient (Wildman–Crippen LogP) is 0.897. The lowest BCUT2D eigenvalue weighted by molar-refractivity contribution is -0.156. The van der Waals surface area contributed by atoms with E-state index in [-0.39, 0.29) is 5.91 Å². The van der Waals surface area contributed by atoms with Gasteiger partial charge >= 0.3 is 5.97 Å². The highest BCUT2D eigenvalue weighted by molar-refractivity contribution is 6.01. The van der Waals surface area contributed by atoms with Gasteiger partial charge in [-0.05, 0) is 31.5 Å².